The van der Waals surface area contributed by atoms with Crippen LogP contribution in [0.25, 0.3) is 5.57 Å². The van der Waals surface area contributed by atoms with E-state index in [2.05, 4.69) is 53.9 Å². The van der Waals surface area contributed by atoms with Gasteiger partial charge in [-0.2, -0.15) is 0 Å². The lowest BCUT2D eigenvalue weighted by Gasteiger charge is -2.19. The quantitative estimate of drug-likeness (QED) is 0.383. The first kappa shape index (κ1) is 17.8. The van der Waals surface area contributed by atoms with E-state index in [-0.39, 0.29) is 12.0 Å². The number of aliphatic imine (C=N–C) groups is 1. The summed E-state index contributed by atoms with van der Waals surface area (Å²) in [6.45, 7) is 9.05. The Labute approximate surface area is 155 Å². The molecule has 1 aliphatic rings. The topological polar surface area (TPSA) is 36.9 Å². The highest BCUT2D eigenvalue weighted by Gasteiger charge is 2.33. The van der Waals surface area contributed by atoms with Crippen molar-refractivity contribution in [1.82, 2.24) is 0 Å². The summed E-state index contributed by atoms with van der Waals surface area (Å²) in [7, 11) is 1.80. The lowest BCUT2D eigenvalue weighted by Crippen LogP contribution is -2.25. The van der Waals surface area contributed by atoms with Crippen LogP contribution in [-0.4, -0.2) is 25.6 Å². The van der Waals surface area contributed by atoms with Gasteiger partial charge in [0, 0.05) is 29.8 Å². The van der Waals surface area contributed by atoms with Crippen molar-refractivity contribution in [2.75, 3.05) is 19.0 Å². The van der Waals surface area contributed by atoms with Crippen molar-refractivity contribution in [1.29, 1.82) is 0 Å². The number of hydrogen-bond acceptors (Lipinski definition) is 2. The molecule has 2 aromatic rings. The van der Waals surface area contributed by atoms with Gasteiger partial charge in [-0.05, 0) is 54.5 Å². The largest absolute Gasteiger partial charge is 0.372 e. The molecule has 1 fully saturated rings. The minimum absolute atomic E-state index is 0.218. The molecule has 3 heteroatoms. The van der Waals surface area contributed by atoms with Crippen LogP contribution in [0.15, 0.2) is 48.0 Å². The Kier molecular flexibility index (Phi) is 5.42. The summed E-state index contributed by atoms with van der Waals surface area (Å²) in [5.74, 6) is 7.19. The van der Waals surface area contributed by atoms with E-state index in [4.69, 9.17) is 4.74 Å². The molecule has 130 valence electrons. The molecular formula is C23H22N2O. The fraction of sp³-hybridized carbons (Fsp3) is 0.261. The Bertz CT molecular complexity index is 883. The Morgan fingerprint density at radius 1 is 1.38 bits per heavy atom. The van der Waals surface area contributed by atoms with Gasteiger partial charge in [0.15, 0.2) is 0 Å². The zero-order chi connectivity index (χ0) is 18.5. The zero-order valence-electron chi connectivity index (χ0n) is 15.4. The number of nitrogens with zero attached hydrogens (tertiary/aromatic N) is 1. The lowest BCUT2D eigenvalue weighted by atomic mass is 9.96. The van der Waals surface area contributed by atoms with Crippen LogP contribution in [0, 0.1) is 29.9 Å². The molecule has 3 nitrogen and oxygen atoms in total. The Morgan fingerprint density at radius 2 is 2.19 bits per heavy atom. The van der Waals surface area contributed by atoms with E-state index in [9.17, 15) is 0 Å². The van der Waals surface area contributed by atoms with Crippen molar-refractivity contribution in [3.63, 3.8) is 0 Å². The van der Waals surface area contributed by atoms with Gasteiger partial charge in [-0.3, -0.25) is 4.99 Å². The fourth-order valence-corrected chi connectivity index (χ4v) is 2.85. The lowest BCUT2D eigenvalue weighted by molar-refractivity contribution is 0.379. The van der Waals surface area contributed by atoms with E-state index in [1.54, 1.807) is 7.05 Å². The van der Waals surface area contributed by atoms with Crippen LogP contribution >= 0.6 is 0 Å². The Hall–Kier alpha value is -3.01. The number of ether oxygens (including phenoxy) is 1. The molecule has 1 heterocycles. The zero-order valence-corrected chi connectivity index (χ0v) is 15.4. The molecule has 0 saturated carbocycles. The van der Waals surface area contributed by atoms with Gasteiger partial charge >= 0.3 is 0 Å². The summed E-state index contributed by atoms with van der Waals surface area (Å²) in [4.78, 5) is 4.43. The third kappa shape index (κ3) is 3.97. The molecule has 0 spiro atoms. The average molecular weight is 342 g/mol. The van der Waals surface area contributed by atoms with Gasteiger partial charge in [-0.25, -0.2) is 0 Å². The van der Waals surface area contributed by atoms with Crippen LogP contribution in [0.3, 0.4) is 0 Å². The minimum atomic E-state index is 0.218. The predicted octanol–water partition coefficient (Wildman–Crippen LogP) is 4.19. The smallest absolute Gasteiger partial charge is 0.106 e. The summed E-state index contributed by atoms with van der Waals surface area (Å²) >= 11 is 0. The van der Waals surface area contributed by atoms with Gasteiger partial charge in [0.1, 0.15) is 5.84 Å². The molecule has 0 aliphatic carbocycles. The van der Waals surface area contributed by atoms with E-state index >= 15 is 0 Å². The maximum Gasteiger partial charge on any atom is 0.106 e. The van der Waals surface area contributed by atoms with E-state index in [0.29, 0.717) is 0 Å². The summed E-state index contributed by atoms with van der Waals surface area (Å²) < 4.78 is 5.42. The summed E-state index contributed by atoms with van der Waals surface area (Å²) in [5, 5.41) is 3.48. The maximum atomic E-state index is 5.42. The van der Waals surface area contributed by atoms with Crippen molar-refractivity contribution in [2.45, 2.75) is 20.0 Å². The van der Waals surface area contributed by atoms with Crippen LogP contribution in [0.2, 0.25) is 0 Å². The standard InChI is InChI=1S/C23H22N2O/c1-5-9-18-12-13-21(25-23(24-4)17(3)22-15-26-22)20(14-18)16(2)19-10-7-6-8-11-19/h7,10-14,17,22H,2,15H2,1,3-4H3,(H,24,25). The molecule has 1 aliphatic heterocycles. The number of benzene rings is 1. The Balaban J connectivity index is 1.98. The molecular weight excluding hydrogens is 320 g/mol. The van der Waals surface area contributed by atoms with Crippen LogP contribution in [0.1, 0.15) is 30.5 Å². The first-order valence-electron chi connectivity index (χ1n) is 8.63. The van der Waals surface area contributed by atoms with Crippen molar-refractivity contribution in [3.8, 4) is 11.8 Å². The highest BCUT2D eigenvalue weighted by atomic mass is 16.6. The fourth-order valence-electron chi connectivity index (χ4n) is 2.85. The number of epoxide rings is 1. The van der Waals surface area contributed by atoms with E-state index in [1.165, 1.54) is 0 Å². The molecule has 0 radical (unpaired) electrons. The first-order chi connectivity index (χ1) is 12.6. The maximum absolute atomic E-state index is 5.42. The molecule has 1 N–H and O–H groups in total. The van der Waals surface area contributed by atoms with Gasteiger partial charge in [0.2, 0.25) is 0 Å². The molecule has 0 amide bonds. The van der Waals surface area contributed by atoms with E-state index in [1.807, 2.05) is 37.3 Å². The normalized spacial score (nSPS) is 16.7. The van der Waals surface area contributed by atoms with Crippen LogP contribution in [0.4, 0.5) is 5.69 Å². The minimum Gasteiger partial charge on any atom is -0.372 e. The molecule has 0 bridgehead atoms. The number of anilines is 1. The van der Waals surface area contributed by atoms with Crippen LogP contribution in [-0.2, 0) is 4.74 Å². The second-order valence-electron chi connectivity index (χ2n) is 6.23. The molecule has 2 aromatic carbocycles. The third-order valence-corrected chi connectivity index (χ3v) is 4.47. The first-order valence-corrected chi connectivity index (χ1v) is 8.63. The van der Waals surface area contributed by atoms with Crippen molar-refractivity contribution >= 4 is 17.1 Å². The molecule has 2 unspecified atom stereocenters. The van der Waals surface area contributed by atoms with Crippen molar-refractivity contribution in [2.24, 2.45) is 10.9 Å². The van der Waals surface area contributed by atoms with Crippen LogP contribution < -0.4 is 5.32 Å². The molecule has 26 heavy (non-hydrogen) atoms. The van der Waals surface area contributed by atoms with E-state index < -0.39 is 0 Å². The number of amidine groups is 1. The average Bonchev–Trinajstić information content (AvgIpc) is 3.52. The van der Waals surface area contributed by atoms with Crippen molar-refractivity contribution < 1.29 is 4.74 Å². The van der Waals surface area contributed by atoms with Gasteiger partial charge < -0.3 is 10.1 Å². The predicted molar refractivity (Wildman–Crippen MR) is 107 cm³/mol. The van der Waals surface area contributed by atoms with Gasteiger partial charge in [0.05, 0.1) is 12.7 Å². The van der Waals surface area contributed by atoms with E-state index in [0.717, 1.165) is 40.4 Å². The number of rotatable bonds is 5. The SMILES string of the molecule is C=C(c1cc#ccc1)c1cc(C#CC)ccc1NC(=NC)C(C)C1CO1. The van der Waals surface area contributed by atoms with Crippen LogP contribution in [0.5, 0.6) is 0 Å². The monoisotopic (exact) mass is 342 g/mol. The second-order valence-corrected chi connectivity index (χ2v) is 6.23. The van der Waals surface area contributed by atoms with Gasteiger partial charge in [-0.1, -0.05) is 31.6 Å². The van der Waals surface area contributed by atoms with Crippen molar-refractivity contribution in [3.05, 3.63) is 71.8 Å². The third-order valence-electron chi connectivity index (χ3n) is 4.47. The Morgan fingerprint density at radius 3 is 2.81 bits per heavy atom. The second kappa shape index (κ2) is 7.91. The van der Waals surface area contributed by atoms with Gasteiger partial charge in [-0.15, -0.1) is 5.92 Å². The molecule has 2 atom stereocenters. The summed E-state index contributed by atoms with van der Waals surface area (Å²) in [5.41, 5.74) is 4.81. The number of nitrogens with one attached hydrogen (secondary N) is 1. The molecule has 1 saturated heterocycles. The summed E-state index contributed by atoms with van der Waals surface area (Å²) in [6.07, 6.45) is 0.248. The van der Waals surface area contributed by atoms with Gasteiger partial charge in [0.25, 0.3) is 0 Å². The highest BCUT2D eigenvalue weighted by Crippen LogP contribution is 2.30. The summed E-state index contributed by atoms with van der Waals surface area (Å²) in [6, 6.07) is 17.7. The highest BCUT2D eigenvalue weighted by molar-refractivity contribution is 6.00. The molecule has 0 aromatic heterocycles. The molecule has 3 rings (SSSR count). The number of hydrogen-bond donors (Lipinski definition) is 1.